The molecule has 0 saturated heterocycles. The van der Waals surface area contributed by atoms with Crippen LogP contribution < -0.4 is 9.47 Å². The summed E-state index contributed by atoms with van der Waals surface area (Å²) in [5, 5.41) is 0. The van der Waals surface area contributed by atoms with E-state index < -0.39 is 0 Å². The minimum atomic E-state index is 0.475. The third kappa shape index (κ3) is 5.41. The van der Waals surface area contributed by atoms with Gasteiger partial charge in [-0.25, -0.2) is 0 Å². The highest BCUT2D eigenvalue weighted by Crippen LogP contribution is 2.16. The van der Waals surface area contributed by atoms with Crippen LogP contribution in [0.5, 0.6) is 11.5 Å². The SMILES string of the molecule is ClCCC#Cc1ccccc1OCCOc1ccccc1. The molecule has 0 aliphatic carbocycles. The number of hydrogen-bond donors (Lipinski definition) is 0. The van der Waals surface area contributed by atoms with E-state index in [-0.39, 0.29) is 0 Å². The standard InChI is InChI=1S/C18H17ClO2/c19-13-7-6-9-16-8-4-5-12-18(16)21-15-14-20-17-10-2-1-3-11-17/h1-5,8,10-12H,7,13-15H2. The van der Waals surface area contributed by atoms with E-state index in [1.165, 1.54) is 0 Å². The van der Waals surface area contributed by atoms with Crippen molar-refractivity contribution >= 4 is 11.6 Å². The Labute approximate surface area is 130 Å². The fraction of sp³-hybridized carbons (Fsp3) is 0.222. The van der Waals surface area contributed by atoms with E-state index in [1.54, 1.807) is 0 Å². The number of hydrogen-bond acceptors (Lipinski definition) is 2. The lowest BCUT2D eigenvalue weighted by atomic mass is 10.2. The average Bonchev–Trinajstić information content (AvgIpc) is 2.54. The van der Waals surface area contributed by atoms with Gasteiger partial charge in [0.2, 0.25) is 0 Å². The molecule has 2 rings (SSSR count). The van der Waals surface area contributed by atoms with Crippen molar-refractivity contribution in [3.05, 3.63) is 60.2 Å². The summed E-state index contributed by atoms with van der Waals surface area (Å²) in [7, 11) is 0. The Balaban J connectivity index is 1.84. The van der Waals surface area contributed by atoms with E-state index in [0.29, 0.717) is 25.5 Å². The lowest BCUT2D eigenvalue weighted by molar-refractivity contribution is 0.217. The predicted octanol–water partition coefficient (Wildman–Crippen LogP) is 4.12. The van der Waals surface area contributed by atoms with Crippen molar-refractivity contribution in [2.24, 2.45) is 0 Å². The largest absolute Gasteiger partial charge is 0.490 e. The Morgan fingerprint density at radius 3 is 2.38 bits per heavy atom. The van der Waals surface area contributed by atoms with Crippen molar-refractivity contribution in [2.45, 2.75) is 6.42 Å². The van der Waals surface area contributed by atoms with Crippen LogP contribution in [0.2, 0.25) is 0 Å². The molecule has 0 N–H and O–H groups in total. The Kier molecular flexibility index (Phi) is 6.51. The smallest absolute Gasteiger partial charge is 0.135 e. The van der Waals surface area contributed by atoms with Gasteiger partial charge in [-0.3, -0.25) is 0 Å². The summed E-state index contributed by atoms with van der Waals surface area (Å²) in [5.41, 5.74) is 0.877. The zero-order chi connectivity index (χ0) is 14.8. The van der Waals surface area contributed by atoms with Crippen molar-refractivity contribution < 1.29 is 9.47 Å². The first-order chi connectivity index (χ1) is 10.4. The Morgan fingerprint density at radius 1 is 0.857 bits per heavy atom. The monoisotopic (exact) mass is 300 g/mol. The molecule has 0 radical (unpaired) electrons. The van der Waals surface area contributed by atoms with Gasteiger partial charge in [-0.05, 0) is 24.3 Å². The van der Waals surface area contributed by atoms with Gasteiger partial charge >= 0.3 is 0 Å². The van der Waals surface area contributed by atoms with Gasteiger partial charge in [-0.2, -0.15) is 0 Å². The Bertz CT molecular complexity index is 599. The van der Waals surface area contributed by atoms with Gasteiger partial charge in [0.25, 0.3) is 0 Å². The summed E-state index contributed by atoms with van der Waals surface area (Å²) in [5.74, 6) is 8.25. The number of benzene rings is 2. The van der Waals surface area contributed by atoms with Gasteiger partial charge in [-0.1, -0.05) is 42.2 Å². The third-order valence-corrected chi connectivity index (χ3v) is 2.87. The maximum Gasteiger partial charge on any atom is 0.135 e. The van der Waals surface area contributed by atoms with Crippen LogP contribution in [0.3, 0.4) is 0 Å². The lowest BCUT2D eigenvalue weighted by Gasteiger charge is -2.09. The summed E-state index contributed by atoms with van der Waals surface area (Å²) < 4.78 is 11.3. The number of ether oxygens (including phenoxy) is 2. The zero-order valence-corrected chi connectivity index (χ0v) is 12.5. The van der Waals surface area contributed by atoms with Crippen LogP contribution in [-0.2, 0) is 0 Å². The molecule has 2 nitrogen and oxygen atoms in total. The maximum absolute atomic E-state index is 5.73. The maximum atomic E-state index is 5.73. The number of para-hydroxylation sites is 2. The molecular weight excluding hydrogens is 284 g/mol. The molecule has 21 heavy (non-hydrogen) atoms. The summed E-state index contributed by atoms with van der Waals surface area (Å²) >= 11 is 5.62. The summed E-state index contributed by atoms with van der Waals surface area (Å²) in [6, 6.07) is 17.4. The molecule has 0 atom stereocenters. The van der Waals surface area contributed by atoms with Crippen LogP contribution in [-0.4, -0.2) is 19.1 Å². The van der Waals surface area contributed by atoms with Crippen molar-refractivity contribution in [2.75, 3.05) is 19.1 Å². The highest BCUT2D eigenvalue weighted by atomic mass is 35.5. The van der Waals surface area contributed by atoms with E-state index >= 15 is 0 Å². The van der Waals surface area contributed by atoms with Crippen LogP contribution in [0.4, 0.5) is 0 Å². The van der Waals surface area contributed by atoms with E-state index in [0.717, 1.165) is 17.1 Å². The lowest BCUT2D eigenvalue weighted by Crippen LogP contribution is -2.09. The van der Waals surface area contributed by atoms with Crippen LogP contribution in [0, 0.1) is 11.8 Å². The molecule has 108 valence electrons. The fourth-order valence-electron chi connectivity index (χ4n) is 1.73. The van der Waals surface area contributed by atoms with Crippen LogP contribution in [0.25, 0.3) is 0 Å². The molecule has 0 aliphatic rings. The van der Waals surface area contributed by atoms with Gasteiger partial charge in [0.05, 0.1) is 5.56 Å². The minimum absolute atomic E-state index is 0.475. The molecule has 0 amide bonds. The first kappa shape index (κ1) is 15.3. The van der Waals surface area contributed by atoms with Crippen molar-refractivity contribution in [1.29, 1.82) is 0 Å². The number of rotatable bonds is 6. The number of alkyl halides is 1. The summed E-state index contributed by atoms with van der Waals surface area (Å²) in [6.07, 6.45) is 0.674. The molecule has 2 aromatic carbocycles. The van der Waals surface area contributed by atoms with Gasteiger partial charge in [0, 0.05) is 12.3 Å². The highest BCUT2D eigenvalue weighted by Gasteiger charge is 2.00. The predicted molar refractivity (Wildman–Crippen MR) is 86.1 cm³/mol. The van der Waals surface area contributed by atoms with Crippen molar-refractivity contribution in [3.8, 4) is 23.3 Å². The van der Waals surface area contributed by atoms with Gasteiger partial charge in [0.15, 0.2) is 0 Å². The molecular formula is C18H17ClO2. The molecule has 0 aromatic heterocycles. The number of halogens is 1. The molecule has 0 aliphatic heterocycles. The van der Waals surface area contributed by atoms with E-state index in [4.69, 9.17) is 21.1 Å². The zero-order valence-electron chi connectivity index (χ0n) is 11.7. The van der Waals surface area contributed by atoms with Crippen LogP contribution in [0.1, 0.15) is 12.0 Å². The minimum Gasteiger partial charge on any atom is -0.490 e. The van der Waals surface area contributed by atoms with Gasteiger partial charge < -0.3 is 9.47 Å². The van der Waals surface area contributed by atoms with Crippen molar-refractivity contribution in [1.82, 2.24) is 0 Å². The molecule has 0 saturated carbocycles. The van der Waals surface area contributed by atoms with Gasteiger partial charge in [0.1, 0.15) is 24.7 Å². The molecule has 0 unspecified atom stereocenters. The third-order valence-electron chi connectivity index (χ3n) is 2.68. The van der Waals surface area contributed by atoms with Crippen LogP contribution >= 0.6 is 11.6 Å². The Morgan fingerprint density at radius 2 is 1.57 bits per heavy atom. The molecule has 3 heteroatoms. The van der Waals surface area contributed by atoms with E-state index in [9.17, 15) is 0 Å². The highest BCUT2D eigenvalue weighted by molar-refractivity contribution is 6.18. The summed E-state index contributed by atoms with van der Waals surface area (Å²) in [4.78, 5) is 0. The second kappa shape index (κ2) is 8.94. The Hall–Kier alpha value is -2.11. The van der Waals surface area contributed by atoms with Crippen molar-refractivity contribution in [3.63, 3.8) is 0 Å². The van der Waals surface area contributed by atoms with Gasteiger partial charge in [-0.15, -0.1) is 11.6 Å². The van der Waals surface area contributed by atoms with E-state index in [1.807, 2.05) is 54.6 Å². The average molecular weight is 301 g/mol. The first-order valence-corrected chi connectivity index (χ1v) is 7.38. The first-order valence-electron chi connectivity index (χ1n) is 6.84. The normalized spacial score (nSPS) is 9.57. The molecule has 0 spiro atoms. The fourth-order valence-corrected chi connectivity index (χ4v) is 1.82. The molecule has 0 heterocycles. The summed E-state index contributed by atoms with van der Waals surface area (Å²) in [6.45, 7) is 0.969. The molecule has 2 aromatic rings. The van der Waals surface area contributed by atoms with E-state index in [2.05, 4.69) is 11.8 Å². The molecule has 0 bridgehead atoms. The second-order valence-corrected chi connectivity index (χ2v) is 4.62. The second-order valence-electron chi connectivity index (χ2n) is 4.25. The topological polar surface area (TPSA) is 18.5 Å². The van der Waals surface area contributed by atoms with Crippen LogP contribution in [0.15, 0.2) is 54.6 Å². The molecule has 0 fully saturated rings. The quantitative estimate of drug-likeness (QED) is 0.454.